The number of pyridine rings is 1. The van der Waals surface area contributed by atoms with Gasteiger partial charge in [0, 0.05) is 76.0 Å². The van der Waals surface area contributed by atoms with Crippen molar-refractivity contribution in [3.63, 3.8) is 0 Å². The lowest BCUT2D eigenvalue weighted by atomic mass is 10.1. The van der Waals surface area contributed by atoms with Crippen molar-refractivity contribution in [2.45, 2.75) is 12.8 Å². The second kappa shape index (κ2) is 11.9. The van der Waals surface area contributed by atoms with Crippen molar-refractivity contribution in [1.29, 1.82) is 0 Å². The van der Waals surface area contributed by atoms with E-state index in [1.807, 2.05) is 17.6 Å². The molecular formula is C27H37N7S. The van der Waals surface area contributed by atoms with Gasteiger partial charge in [-0.05, 0) is 43.6 Å². The monoisotopic (exact) mass is 491 g/mol. The summed E-state index contributed by atoms with van der Waals surface area (Å²) in [6.45, 7) is 12.8. The first kappa shape index (κ1) is 24.2. The molecule has 8 heteroatoms. The van der Waals surface area contributed by atoms with Crippen LogP contribution in [0, 0.1) is 0 Å². The number of thiazole rings is 1. The van der Waals surface area contributed by atoms with E-state index in [1.165, 1.54) is 62.6 Å². The largest absolute Gasteiger partial charge is 0.375 e. The summed E-state index contributed by atoms with van der Waals surface area (Å²) in [7, 11) is 0. The van der Waals surface area contributed by atoms with Gasteiger partial charge in [-0.15, -0.1) is 11.3 Å². The van der Waals surface area contributed by atoms with Gasteiger partial charge in [0.2, 0.25) is 0 Å². The zero-order valence-electron chi connectivity index (χ0n) is 20.6. The number of aromatic nitrogens is 2. The fourth-order valence-electron chi connectivity index (χ4n) is 5.05. The highest BCUT2D eigenvalue weighted by Crippen LogP contribution is 2.23. The Morgan fingerprint density at radius 2 is 1.43 bits per heavy atom. The number of benzene rings is 1. The molecule has 2 aliphatic rings. The molecule has 186 valence electrons. The summed E-state index contributed by atoms with van der Waals surface area (Å²) in [6.07, 6.45) is 4.25. The van der Waals surface area contributed by atoms with Crippen molar-refractivity contribution in [1.82, 2.24) is 24.7 Å². The molecule has 2 aromatic heterocycles. The van der Waals surface area contributed by atoms with Crippen LogP contribution >= 0.6 is 11.3 Å². The van der Waals surface area contributed by atoms with E-state index in [2.05, 4.69) is 66.0 Å². The number of piperazine rings is 2. The lowest BCUT2D eigenvalue weighted by Crippen LogP contribution is -2.49. The Hall–Kier alpha value is -2.52. The summed E-state index contributed by atoms with van der Waals surface area (Å²) in [6, 6.07) is 15.0. The summed E-state index contributed by atoms with van der Waals surface area (Å²) in [4.78, 5) is 19.2. The van der Waals surface area contributed by atoms with Gasteiger partial charge < -0.3 is 20.4 Å². The number of anilines is 2. The van der Waals surface area contributed by atoms with E-state index in [-0.39, 0.29) is 0 Å². The van der Waals surface area contributed by atoms with Crippen LogP contribution in [-0.4, -0.2) is 96.7 Å². The smallest absolute Gasteiger partial charge is 0.180 e. The molecule has 3 aromatic rings. The normalized spacial score (nSPS) is 18.2. The third-order valence-corrected chi connectivity index (χ3v) is 7.92. The van der Waals surface area contributed by atoms with Gasteiger partial charge in [0.1, 0.15) is 5.82 Å². The van der Waals surface area contributed by atoms with Gasteiger partial charge in [0.25, 0.3) is 0 Å². The second-order valence-electron chi connectivity index (χ2n) is 9.57. The van der Waals surface area contributed by atoms with Crippen LogP contribution in [0.3, 0.4) is 0 Å². The fourth-order valence-corrected chi connectivity index (χ4v) is 5.62. The summed E-state index contributed by atoms with van der Waals surface area (Å²) >= 11 is 1.49. The quantitative estimate of drug-likeness (QED) is 0.493. The van der Waals surface area contributed by atoms with Crippen LogP contribution in [0.4, 0.5) is 10.9 Å². The van der Waals surface area contributed by atoms with E-state index in [4.69, 9.17) is 5.73 Å². The molecule has 2 fully saturated rings. The van der Waals surface area contributed by atoms with Gasteiger partial charge in [0.05, 0.1) is 5.69 Å². The van der Waals surface area contributed by atoms with Gasteiger partial charge >= 0.3 is 0 Å². The minimum atomic E-state index is 0.627. The Morgan fingerprint density at radius 1 is 0.771 bits per heavy atom. The molecular weight excluding hydrogens is 454 g/mol. The predicted molar refractivity (Wildman–Crippen MR) is 146 cm³/mol. The van der Waals surface area contributed by atoms with Crippen LogP contribution in [0.15, 0.2) is 54.0 Å². The highest BCUT2D eigenvalue weighted by atomic mass is 32.1. The molecule has 0 unspecified atom stereocenters. The summed E-state index contributed by atoms with van der Waals surface area (Å²) in [5, 5.41) is 2.65. The standard InChI is InChI=1S/C27H37N7S/c28-27-30-25(22-35-27)24-7-5-23(6-8-24)9-13-33-16-14-31(15-17-33)11-3-12-32-18-20-34(21-19-32)26-4-1-2-10-29-26/h1-2,4-8,10,22H,3,9,11-21H2,(H2,28,30). The average Bonchev–Trinajstić information content (AvgIpc) is 3.36. The van der Waals surface area contributed by atoms with Crippen LogP contribution in [-0.2, 0) is 6.42 Å². The van der Waals surface area contributed by atoms with Crippen molar-refractivity contribution in [3.05, 3.63) is 59.6 Å². The van der Waals surface area contributed by atoms with E-state index in [9.17, 15) is 0 Å². The van der Waals surface area contributed by atoms with Gasteiger partial charge in [-0.1, -0.05) is 30.3 Å². The molecule has 0 aliphatic carbocycles. The van der Waals surface area contributed by atoms with Crippen LogP contribution < -0.4 is 10.6 Å². The SMILES string of the molecule is Nc1nc(-c2ccc(CCN3CCN(CCCN4CCN(c5ccccn5)CC4)CC3)cc2)cs1. The van der Waals surface area contributed by atoms with E-state index < -0.39 is 0 Å². The number of hydrogen-bond acceptors (Lipinski definition) is 8. The van der Waals surface area contributed by atoms with Crippen molar-refractivity contribution < 1.29 is 0 Å². The van der Waals surface area contributed by atoms with Gasteiger partial charge in [0.15, 0.2) is 5.13 Å². The molecule has 0 bridgehead atoms. The summed E-state index contributed by atoms with van der Waals surface area (Å²) in [5.41, 5.74) is 9.27. The Kier molecular flexibility index (Phi) is 8.25. The third-order valence-electron chi connectivity index (χ3n) is 7.25. The number of nitrogen functional groups attached to an aromatic ring is 1. The molecule has 1 aromatic carbocycles. The van der Waals surface area contributed by atoms with E-state index >= 15 is 0 Å². The molecule has 2 aliphatic heterocycles. The fraction of sp³-hybridized carbons (Fsp3) is 0.481. The Labute approximate surface area is 213 Å². The Bertz CT molecular complexity index is 1020. The van der Waals surface area contributed by atoms with Gasteiger partial charge in [-0.3, -0.25) is 4.90 Å². The first-order valence-electron chi connectivity index (χ1n) is 12.9. The molecule has 0 atom stereocenters. The second-order valence-corrected chi connectivity index (χ2v) is 10.5. The highest BCUT2D eigenvalue weighted by Gasteiger charge is 2.19. The molecule has 2 saturated heterocycles. The minimum Gasteiger partial charge on any atom is -0.375 e. The summed E-state index contributed by atoms with van der Waals surface area (Å²) < 4.78 is 0. The van der Waals surface area contributed by atoms with Crippen molar-refractivity contribution >= 4 is 22.3 Å². The predicted octanol–water partition coefficient (Wildman–Crippen LogP) is 3.16. The van der Waals surface area contributed by atoms with Crippen LogP contribution in [0.5, 0.6) is 0 Å². The van der Waals surface area contributed by atoms with Crippen LogP contribution in [0.1, 0.15) is 12.0 Å². The number of nitrogens with two attached hydrogens (primary N) is 1. The van der Waals surface area contributed by atoms with E-state index in [0.717, 1.165) is 56.2 Å². The highest BCUT2D eigenvalue weighted by molar-refractivity contribution is 7.13. The number of hydrogen-bond donors (Lipinski definition) is 1. The third kappa shape index (κ3) is 6.79. The maximum atomic E-state index is 5.76. The molecule has 0 radical (unpaired) electrons. The zero-order chi connectivity index (χ0) is 23.9. The Morgan fingerprint density at radius 3 is 2.03 bits per heavy atom. The Balaban J connectivity index is 0.951. The average molecular weight is 492 g/mol. The van der Waals surface area contributed by atoms with Crippen molar-refractivity contribution in [3.8, 4) is 11.3 Å². The molecule has 5 rings (SSSR count). The lowest BCUT2D eigenvalue weighted by molar-refractivity contribution is 0.127. The minimum absolute atomic E-state index is 0.627. The molecule has 0 amide bonds. The lowest BCUT2D eigenvalue weighted by Gasteiger charge is -2.37. The van der Waals surface area contributed by atoms with Crippen LogP contribution in [0.2, 0.25) is 0 Å². The first-order chi connectivity index (χ1) is 17.2. The maximum Gasteiger partial charge on any atom is 0.180 e. The molecule has 0 saturated carbocycles. The van der Waals surface area contributed by atoms with E-state index in [1.54, 1.807) is 0 Å². The molecule has 35 heavy (non-hydrogen) atoms. The maximum absolute atomic E-state index is 5.76. The van der Waals surface area contributed by atoms with E-state index in [0.29, 0.717) is 5.13 Å². The van der Waals surface area contributed by atoms with Crippen molar-refractivity contribution in [2.24, 2.45) is 0 Å². The van der Waals surface area contributed by atoms with Gasteiger partial charge in [-0.2, -0.15) is 0 Å². The number of rotatable bonds is 9. The molecule has 0 spiro atoms. The molecule has 4 heterocycles. The topological polar surface area (TPSA) is 64.8 Å². The molecule has 2 N–H and O–H groups in total. The van der Waals surface area contributed by atoms with Gasteiger partial charge in [-0.25, -0.2) is 9.97 Å². The van der Waals surface area contributed by atoms with Crippen LogP contribution in [0.25, 0.3) is 11.3 Å². The number of nitrogens with zero attached hydrogens (tertiary/aromatic N) is 6. The van der Waals surface area contributed by atoms with Crippen molar-refractivity contribution in [2.75, 3.05) is 82.6 Å². The summed E-state index contributed by atoms with van der Waals surface area (Å²) in [5.74, 6) is 1.11. The zero-order valence-corrected chi connectivity index (χ0v) is 21.4. The first-order valence-corrected chi connectivity index (χ1v) is 13.7. The molecule has 7 nitrogen and oxygen atoms in total.